The second kappa shape index (κ2) is 36.0. The van der Waals surface area contributed by atoms with Crippen molar-refractivity contribution in [3.63, 3.8) is 0 Å². The number of nitro groups is 4. The van der Waals surface area contributed by atoms with Gasteiger partial charge in [0.25, 0.3) is 22.3 Å². The molecule has 7 rings (SSSR count). The largest absolute Gasteiger partial charge is 0.508 e. The molecule has 6 N–H and O–H groups in total. The summed E-state index contributed by atoms with van der Waals surface area (Å²) in [5.41, 5.74) is -8.29. The minimum atomic E-state index is -1.62. The summed E-state index contributed by atoms with van der Waals surface area (Å²) in [5, 5.41) is 104. The molecule has 0 radical (unpaired) electrons. The van der Waals surface area contributed by atoms with Crippen LogP contribution in [0.4, 0.5) is 22.7 Å². The lowest BCUT2D eigenvalue weighted by molar-refractivity contribution is -0.742. The number of aryl methyl sites for hydroxylation is 4. The Balaban J connectivity index is 0.000000401. The summed E-state index contributed by atoms with van der Waals surface area (Å²) in [6, 6.07) is 10.5. The van der Waals surface area contributed by atoms with Crippen molar-refractivity contribution in [1.82, 2.24) is 0 Å². The van der Waals surface area contributed by atoms with E-state index in [1.807, 2.05) is 6.92 Å². The van der Waals surface area contributed by atoms with E-state index < -0.39 is 116 Å². The molecule has 3 heterocycles. The highest BCUT2D eigenvalue weighted by atomic mass is 17.2. The van der Waals surface area contributed by atoms with Crippen LogP contribution in [0.5, 0.6) is 28.7 Å². The Morgan fingerprint density at radius 1 is 0.559 bits per heavy atom. The van der Waals surface area contributed by atoms with Crippen LogP contribution in [0.3, 0.4) is 0 Å². The molecule has 0 spiro atoms. The second-order valence-corrected chi connectivity index (χ2v) is 17.2. The summed E-state index contributed by atoms with van der Waals surface area (Å²) >= 11 is 0. The maximum absolute atomic E-state index is 11.9. The molecule has 3 aromatic heterocycles. The Labute approximate surface area is 518 Å². The van der Waals surface area contributed by atoms with Gasteiger partial charge in [0.05, 0.1) is 59.8 Å². The van der Waals surface area contributed by atoms with Crippen molar-refractivity contribution >= 4 is 73.6 Å². The summed E-state index contributed by atoms with van der Waals surface area (Å²) < 4.78 is 33.7. The first kappa shape index (κ1) is 76.4. The van der Waals surface area contributed by atoms with Gasteiger partial charge in [-0.25, -0.2) is 28.8 Å². The van der Waals surface area contributed by atoms with Crippen molar-refractivity contribution in [3.05, 3.63) is 181 Å². The molecule has 0 atom stereocenters. The van der Waals surface area contributed by atoms with E-state index in [1.54, 1.807) is 46.8 Å². The molecule has 38 nitrogen and oxygen atoms in total. The van der Waals surface area contributed by atoms with Gasteiger partial charge in [-0.15, -0.1) is 10.1 Å². The topological polar surface area (TPSA) is 553 Å². The van der Waals surface area contributed by atoms with E-state index in [0.717, 1.165) is 24.8 Å². The van der Waals surface area contributed by atoms with Gasteiger partial charge in [-0.3, -0.25) is 45.3 Å². The first-order valence-electron chi connectivity index (χ1n) is 25.9. The van der Waals surface area contributed by atoms with E-state index in [4.69, 9.17) is 67.9 Å². The van der Waals surface area contributed by atoms with Crippen LogP contribution in [0, 0.1) is 90.3 Å². The molecule has 7 aromatic rings. The fourth-order valence-electron chi connectivity index (χ4n) is 7.34. The number of carbonyl (C=O) groups is 3. The van der Waals surface area contributed by atoms with Crippen LogP contribution >= 0.6 is 0 Å². The number of carboxylic acid groups (broad SMARTS) is 1. The van der Waals surface area contributed by atoms with Crippen molar-refractivity contribution < 1.29 is 122 Å². The van der Waals surface area contributed by atoms with Crippen LogP contribution in [0.25, 0.3) is 32.9 Å². The van der Waals surface area contributed by atoms with Gasteiger partial charge in [0, 0.05) is 45.3 Å². The molecule has 93 heavy (non-hydrogen) atoms. The number of phenols is 4. The van der Waals surface area contributed by atoms with E-state index in [9.17, 15) is 79.4 Å². The highest BCUT2D eigenvalue weighted by Gasteiger charge is 2.37. The number of esters is 2. The van der Waals surface area contributed by atoms with Crippen LogP contribution in [0.2, 0.25) is 0 Å². The molecule has 0 fully saturated rings. The second-order valence-electron chi connectivity index (χ2n) is 17.2. The molecular weight excluding hydrogens is 1260 g/mol. The molecule has 0 unspecified atom stereocenters. The van der Waals surface area contributed by atoms with Crippen molar-refractivity contribution in [1.29, 1.82) is 0 Å². The average molecular weight is 1310 g/mol. The number of aromatic carboxylic acids is 1. The normalized spacial score (nSPS) is 10.2. The summed E-state index contributed by atoms with van der Waals surface area (Å²) in [4.78, 5) is 137. The van der Waals surface area contributed by atoms with E-state index in [2.05, 4.69) is 26.5 Å². The van der Waals surface area contributed by atoms with Crippen LogP contribution in [0.15, 0.2) is 88.2 Å². The standard InChI is InChI=1S/C13H10N2O9.C13H12O5.C12H8N2O9.C10H16O5.C7H8O2.HNO3/c1-3-23-12(17)7-4-6-5(2)8(14(19)20)10(16)9(15(21)22)11(6)24-13(7)18;1-3-17-12(15)10-6-9-7(2)4-8(14)5-11(9)18-13(10)16;1-4-5-3-6(11(15)16)12(17)23-9(5)8(14(20)21)10(22-2)7(4)13(18)19;1-4-11-9-10(15-13-6-3)7-8-14-12-5-2;1-5-2-6(8)4-7(9)3-5;2-1(3)4/h4,16H,3H2,1-2H3;4-6,14H,3H2,1-2H3;3H,1-2H3,(H,15,16);9H,4-6H2,1-3H3;2-4,8-9H,1H3;(H,2,3,4)/b;;;10-9+;;. The number of ether oxygens (including phenoxy) is 4. The van der Waals surface area contributed by atoms with Crippen LogP contribution < -0.4 is 21.6 Å². The molecule has 0 bridgehead atoms. The zero-order valence-electron chi connectivity index (χ0n) is 50.2. The number of nitrogens with zero attached hydrogens (tertiary/aromatic N) is 5. The summed E-state index contributed by atoms with van der Waals surface area (Å²) in [5.74, 6) is -2.33. The van der Waals surface area contributed by atoms with Gasteiger partial charge in [-0.2, -0.15) is 9.78 Å². The molecule has 38 heteroatoms. The van der Waals surface area contributed by atoms with Crippen LogP contribution in [-0.4, -0.2) is 114 Å². The molecule has 4 aromatic carbocycles. The number of methoxy groups -OCH3 is 1. The minimum absolute atomic E-state index is 0.00651. The number of rotatable bonds is 17. The number of aromatic hydroxyl groups is 4. The van der Waals surface area contributed by atoms with Crippen molar-refractivity contribution in [2.24, 2.45) is 0 Å². The predicted octanol–water partition coefficient (Wildman–Crippen LogP) is 8.23. The molecule has 0 saturated carbocycles. The molecule has 0 aliphatic rings. The van der Waals surface area contributed by atoms with Gasteiger partial charge in [-0.1, -0.05) is 0 Å². The summed E-state index contributed by atoms with van der Waals surface area (Å²) in [7, 11) is 0.990. The third-order valence-electron chi connectivity index (χ3n) is 11.0. The number of fused-ring (bicyclic) bond motifs is 3. The molecule has 498 valence electrons. The SMILES string of the molecule is CCO/C=C(\C#COOCC)OOCC.CCOC(=O)c1cc2c(C)c([N+](=O)[O-])c(O)c([N+](=O)[O-])c2oc1=O.CCOC(=O)c1cc2c(C)cc(O)cc2oc1=O.COc1c([N+](=O)[O-])c(C)c2cc(C(=O)O)c(=O)oc2c1[N+](=O)[O-].Cc1cc(O)cc(O)c1.O=[N+]([O-])O. The van der Waals surface area contributed by atoms with Gasteiger partial charge < -0.3 is 67.8 Å². The van der Waals surface area contributed by atoms with Gasteiger partial charge in [0.1, 0.15) is 45.8 Å². The molecule has 0 aliphatic heterocycles. The fourth-order valence-corrected chi connectivity index (χ4v) is 7.34. The number of carbonyl (C=O) groups excluding carboxylic acids is 2. The van der Waals surface area contributed by atoms with Crippen LogP contribution in [-0.2, 0) is 33.8 Å². The van der Waals surface area contributed by atoms with Gasteiger partial charge in [0.15, 0.2) is 6.11 Å². The van der Waals surface area contributed by atoms with E-state index in [0.29, 0.717) is 30.8 Å². The monoisotopic (exact) mass is 1310 g/mol. The predicted molar refractivity (Wildman–Crippen MR) is 313 cm³/mol. The summed E-state index contributed by atoms with van der Waals surface area (Å²) in [6.45, 7) is 16.1. The third-order valence-corrected chi connectivity index (χ3v) is 11.0. The van der Waals surface area contributed by atoms with Gasteiger partial charge in [0.2, 0.25) is 11.2 Å². The molecule has 0 amide bonds. The number of allylic oxidation sites excluding steroid dienone is 1. The highest BCUT2D eigenvalue weighted by molar-refractivity contribution is 6.01. The number of hydrogen-bond donors (Lipinski definition) is 6. The maximum atomic E-state index is 11.9. The Kier molecular flexibility index (Phi) is 29.6. The smallest absolute Gasteiger partial charge is 0.361 e. The van der Waals surface area contributed by atoms with Gasteiger partial charge >= 0.3 is 57.5 Å². The first-order valence-corrected chi connectivity index (χ1v) is 25.9. The Bertz CT molecular complexity index is 4200. The lowest BCUT2D eigenvalue weighted by atomic mass is 10.0. The lowest BCUT2D eigenvalue weighted by Crippen LogP contribution is -2.17. The number of nitro benzene ring substituents is 4. The highest BCUT2D eigenvalue weighted by Crippen LogP contribution is 2.46. The van der Waals surface area contributed by atoms with E-state index in [-0.39, 0.29) is 69.3 Å². The quantitative estimate of drug-likeness (QED) is 0.00730. The Hall–Kier alpha value is -12.7. The van der Waals surface area contributed by atoms with Gasteiger partial charge in [-0.05, 0) is 110 Å². The number of phenolic OH excluding ortho intramolecular Hbond substituents is 4. The van der Waals surface area contributed by atoms with Crippen molar-refractivity contribution in [2.45, 2.75) is 62.3 Å². The molecule has 0 saturated heterocycles. The lowest BCUT2D eigenvalue weighted by Gasteiger charge is -2.09. The van der Waals surface area contributed by atoms with Crippen molar-refractivity contribution in [3.8, 4) is 40.8 Å². The number of benzene rings is 4. The fraction of sp³-hybridized carbons (Fsp3) is 0.273. The minimum Gasteiger partial charge on any atom is -0.508 e. The molecular formula is C55H55N5O33. The molecule has 0 aliphatic carbocycles. The Morgan fingerprint density at radius 3 is 1.44 bits per heavy atom. The third kappa shape index (κ3) is 21.3. The van der Waals surface area contributed by atoms with E-state index in [1.165, 1.54) is 51.3 Å². The maximum Gasteiger partial charge on any atom is 0.361 e. The van der Waals surface area contributed by atoms with E-state index >= 15 is 0 Å². The number of carboxylic acids is 1. The summed E-state index contributed by atoms with van der Waals surface area (Å²) in [6.07, 6.45) is 3.62. The van der Waals surface area contributed by atoms with Crippen molar-refractivity contribution in [2.75, 3.05) is 40.1 Å². The van der Waals surface area contributed by atoms with Crippen LogP contribution in [0.1, 0.15) is 87.9 Å². The zero-order chi connectivity index (χ0) is 70.7. The first-order chi connectivity index (χ1) is 43.7. The average Bonchev–Trinajstić information content (AvgIpc) is 0.771. The Morgan fingerprint density at radius 2 is 1.00 bits per heavy atom. The zero-order valence-corrected chi connectivity index (χ0v) is 50.2. The number of hydrogen-bond acceptors (Lipinski definition) is 31.